The highest BCUT2D eigenvalue weighted by Gasteiger charge is 2.37. The van der Waals surface area contributed by atoms with Crippen molar-refractivity contribution in [3.63, 3.8) is 0 Å². The Hall–Kier alpha value is -3.68. The van der Waals surface area contributed by atoms with Crippen LogP contribution in [-0.4, -0.2) is 43.5 Å². The fraction of sp³-hybridized carbons (Fsp3) is 0.407. The number of carbonyl (C=O) groups is 4. The molecule has 0 aromatic heterocycles. The summed E-state index contributed by atoms with van der Waals surface area (Å²) in [5.41, 5.74) is 3.86. The third-order valence-electron chi connectivity index (χ3n) is 5.88. The van der Waals surface area contributed by atoms with E-state index < -0.39 is 30.4 Å². The Labute approximate surface area is 205 Å². The van der Waals surface area contributed by atoms with E-state index in [1.165, 1.54) is 0 Å². The first-order valence-electron chi connectivity index (χ1n) is 12.0. The number of nitrogens with zero attached hydrogens (tertiary/aromatic N) is 1. The highest BCUT2D eigenvalue weighted by Crippen LogP contribution is 2.32. The maximum absolute atomic E-state index is 12.7. The smallest absolute Gasteiger partial charge is 0.338 e. The van der Waals surface area contributed by atoms with Crippen molar-refractivity contribution in [2.45, 2.75) is 46.5 Å². The van der Waals surface area contributed by atoms with Crippen molar-refractivity contribution in [3.8, 4) is 0 Å². The van der Waals surface area contributed by atoms with E-state index in [1.54, 1.807) is 29.2 Å². The number of aryl methyl sites for hydroxylation is 2. The second-order valence-electron chi connectivity index (χ2n) is 8.41. The molecule has 35 heavy (non-hydrogen) atoms. The number of rotatable bonds is 10. The van der Waals surface area contributed by atoms with E-state index in [-0.39, 0.29) is 18.9 Å². The van der Waals surface area contributed by atoms with Crippen LogP contribution in [0.2, 0.25) is 0 Å². The van der Waals surface area contributed by atoms with Crippen molar-refractivity contribution in [2.24, 2.45) is 5.92 Å². The molecule has 0 radical (unpaired) electrons. The fourth-order valence-electron chi connectivity index (χ4n) is 4.06. The van der Waals surface area contributed by atoms with Gasteiger partial charge in [-0.05, 0) is 54.7 Å². The van der Waals surface area contributed by atoms with Crippen molar-refractivity contribution in [2.75, 3.05) is 30.0 Å². The van der Waals surface area contributed by atoms with Gasteiger partial charge < -0.3 is 19.7 Å². The Morgan fingerprint density at radius 3 is 2.23 bits per heavy atom. The molecule has 1 aliphatic heterocycles. The lowest BCUT2D eigenvalue weighted by Crippen LogP contribution is -2.29. The van der Waals surface area contributed by atoms with Crippen LogP contribution in [0.25, 0.3) is 0 Å². The quantitative estimate of drug-likeness (QED) is 0.517. The SMILES string of the molecule is CCCOC(=O)c1ccc(NC(=O)COC(=O)[C@@H]2CC(=O)N(c3c(CC)cccc3CC)C2)cc1. The Morgan fingerprint density at radius 1 is 0.971 bits per heavy atom. The van der Waals surface area contributed by atoms with Gasteiger partial charge in [0.25, 0.3) is 5.91 Å². The van der Waals surface area contributed by atoms with Gasteiger partial charge in [0.2, 0.25) is 5.91 Å². The molecule has 0 saturated carbocycles. The van der Waals surface area contributed by atoms with E-state index >= 15 is 0 Å². The summed E-state index contributed by atoms with van der Waals surface area (Å²) in [7, 11) is 0. The maximum Gasteiger partial charge on any atom is 0.338 e. The number of carbonyl (C=O) groups excluding carboxylic acids is 4. The molecule has 0 aliphatic carbocycles. The second-order valence-corrected chi connectivity index (χ2v) is 8.41. The number of hydrogen-bond acceptors (Lipinski definition) is 6. The lowest BCUT2D eigenvalue weighted by molar-refractivity contribution is -0.151. The standard InChI is InChI=1S/C27H32N2O6/c1-4-14-34-26(32)20-10-12-22(13-11-20)28-23(30)17-35-27(33)21-15-24(31)29(16-21)25-18(5-2)8-7-9-19(25)6-3/h7-13,21H,4-6,14-17H2,1-3H3,(H,28,30)/t21-/m1/s1. The predicted molar refractivity (Wildman–Crippen MR) is 132 cm³/mol. The van der Waals surface area contributed by atoms with E-state index in [1.807, 2.05) is 39.0 Å². The maximum atomic E-state index is 12.7. The van der Waals surface area contributed by atoms with Gasteiger partial charge in [0.1, 0.15) is 0 Å². The molecule has 8 nitrogen and oxygen atoms in total. The molecular formula is C27H32N2O6. The molecule has 2 aromatic rings. The number of esters is 2. The summed E-state index contributed by atoms with van der Waals surface area (Å²) in [5.74, 6) is -2.25. The number of nitrogens with one attached hydrogen (secondary N) is 1. The Bertz CT molecular complexity index is 1060. The Balaban J connectivity index is 1.53. The summed E-state index contributed by atoms with van der Waals surface area (Å²) in [6.45, 7) is 6.10. The number of para-hydroxylation sites is 1. The van der Waals surface area contributed by atoms with Crippen LogP contribution in [-0.2, 0) is 36.7 Å². The van der Waals surface area contributed by atoms with Gasteiger partial charge in [-0.2, -0.15) is 0 Å². The van der Waals surface area contributed by atoms with Gasteiger partial charge in [0.05, 0.1) is 18.1 Å². The van der Waals surface area contributed by atoms with E-state index in [0.29, 0.717) is 17.9 Å². The Kier molecular flexibility index (Phi) is 9.00. The van der Waals surface area contributed by atoms with Crippen LogP contribution in [0.1, 0.15) is 55.1 Å². The minimum atomic E-state index is -0.627. The largest absolute Gasteiger partial charge is 0.462 e. The third kappa shape index (κ3) is 6.47. The topological polar surface area (TPSA) is 102 Å². The number of ether oxygens (including phenoxy) is 2. The molecule has 2 aromatic carbocycles. The number of anilines is 2. The van der Waals surface area contributed by atoms with Crippen LogP contribution in [0.4, 0.5) is 11.4 Å². The summed E-state index contributed by atoms with van der Waals surface area (Å²) >= 11 is 0. The highest BCUT2D eigenvalue weighted by atomic mass is 16.5. The van der Waals surface area contributed by atoms with Crippen LogP contribution in [0, 0.1) is 5.92 Å². The molecule has 186 valence electrons. The molecule has 1 N–H and O–H groups in total. The van der Waals surface area contributed by atoms with Gasteiger partial charge in [0.15, 0.2) is 6.61 Å². The highest BCUT2D eigenvalue weighted by molar-refractivity contribution is 6.01. The molecule has 0 bridgehead atoms. The van der Waals surface area contributed by atoms with E-state index in [4.69, 9.17) is 9.47 Å². The van der Waals surface area contributed by atoms with Gasteiger partial charge in [-0.1, -0.05) is 39.0 Å². The van der Waals surface area contributed by atoms with Crippen molar-refractivity contribution in [1.29, 1.82) is 0 Å². The van der Waals surface area contributed by atoms with Gasteiger partial charge in [-0.3, -0.25) is 14.4 Å². The molecule has 1 atom stereocenters. The van der Waals surface area contributed by atoms with Crippen molar-refractivity contribution in [1.82, 2.24) is 0 Å². The van der Waals surface area contributed by atoms with Crippen LogP contribution in [0.15, 0.2) is 42.5 Å². The summed E-state index contributed by atoms with van der Waals surface area (Å²) in [4.78, 5) is 51.1. The molecule has 8 heteroatoms. The van der Waals surface area contributed by atoms with Gasteiger partial charge in [0, 0.05) is 24.3 Å². The van der Waals surface area contributed by atoms with E-state index in [2.05, 4.69) is 5.32 Å². The fourth-order valence-corrected chi connectivity index (χ4v) is 4.06. The van der Waals surface area contributed by atoms with Crippen LogP contribution in [0.3, 0.4) is 0 Å². The molecule has 1 fully saturated rings. The zero-order valence-electron chi connectivity index (χ0n) is 20.5. The Morgan fingerprint density at radius 2 is 1.63 bits per heavy atom. The van der Waals surface area contributed by atoms with Crippen molar-refractivity contribution in [3.05, 3.63) is 59.2 Å². The summed E-state index contributed by atoms with van der Waals surface area (Å²) in [6.07, 6.45) is 2.35. The zero-order valence-corrected chi connectivity index (χ0v) is 20.5. The van der Waals surface area contributed by atoms with Gasteiger partial charge in [-0.25, -0.2) is 4.79 Å². The number of amides is 2. The first kappa shape index (κ1) is 25.9. The second kappa shape index (κ2) is 12.1. The van der Waals surface area contributed by atoms with Crippen molar-refractivity contribution >= 4 is 35.1 Å². The summed E-state index contributed by atoms with van der Waals surface area (Å²) < 4.78 is 10.3. The predicted octanol–water partition coefficient (Wildman–Crippen LogP) is 3.91. The van der Waals surface area contributed by atoms with Crippen molar-refractivity contribution < 1.29 is 28.7 Å². The average Bonchev–Trinajstić information content (AvgIpc) is 3.26. The van der Waals surface area contributed by atoms with Crippen LogP contribution >= 0.6 is 0 Å². The molecule has 1 saturated heterocycles. The molecule has 0 spiro atoms. The lowest BCUT2D eigenvalue weighted by atomic mass is 10.0. The monoisotopic (exact) mass is 480 g/mol. The van der Waals surface area contributed by atoms with E-state index in [9.17, 15) is 19.2 Å². The minimum Gasteiger partial charge on any atom is -0.462 e. The van der Waals surface area contributed by atoms with E-state index in [0.717, 1.165) is 36.1 Å². The van der Waals surface area contributed by atoms with Gasteiger partial charge in [-0.15, -0.1) is 0 Å². The summed E-state index contributed by atoms with van der Waals surface area (Å²) in [5, 5.41) is 2.63. The zero-order chi connectivity index (χ0) is 25.4. The normalized spacial score (nSPS) is 15.1. The van der Waals surface area contributed by atoms with Gasteiger partial charge >= 0.3 is 11.9 Å². The molecule has 1 heterocycles. The van der Waals surface area contributed by atoms with Crippen LogP contribution < -0.4 is 10.2 Å². The number of benzene rings is 2. The minimum absolute atomic E-state index is 0.0528. The first-order valence-corrected chi connectivity index (χ1v) is 12.0. The molecule has 1 aliphatic rings. The average molecular weight is 481 g/mol. The molecule has 3 rings (SSSR count). The molecule has 2 amide bonds. The molecular weight excluding hydrogens is 448 g/mol. The molecule has 0 unspecified atom stereocenters. The summed E-state index contributed by atoms with van der Waals surface area (Å²) in [6, 6.07) is 12.2. The first-order chi connectivity index (χ1) is 16.9. The lowest BCUT2D eigenvalue weighted by Gasteiger charge is -2.23. The van der Waals surface area contributed by atoms with Crippen LogP contribution in [0.5, 0.6) is 0 Å². The number of hydrogen-bond donors (Lipinski definition) is 1. The third-order valence-corrected chi connectivity index (χ3v) is 5.88.